The van der Waals surface area contributed by atoms with Gasteiger partial charge in [-0.15, -0.1) is 0 Å². The molecule has 25 heavy (non-hydrogen) atoms. The van der Waals surface area contributed by atoms with Gasteiger partial charge in [-0.1, -0.05) is 48.0 Å². The molecule has 1 N–H and O–H groups in total. The van der Waals surface area contributed by atoms with Crippen LogP contribution < -0.4 is 10.2 Å². The van der Waals surface area contributed by atoms with Crippen molar-refractivity contribution in [2.45, 2.75) is 26.3 Å². The van der Waals surface area contributed by atoms with E-state index in [9.17, 15) is 10.1 Å². The van der Waals surface area contributed by atoms with Crippen LogP contribution in [0.3, 0.4) is 0 Å². The van der Waals surface area contributed by atoms with E-state index in [1.54, 1.807) is 4.90 Å². The van der Waals surface area contributed by atoms with Crippen LogP contribution in [0.1, 0.15) is 23.1 Å². The van der Waals surface area contributed by atoms with Crippen LogP contribution in [0.4, 0.5) is 5.69 Å². The van der Waals surface area contributed by atoms with E-state index in [1.807, 2.05) is 61.5 Å². The monoisotopic (exact) mass is 331 g/mol. The number of nitrogens with one attached hydrogen (secondary N) is 1. The van der Waals surface area contributed by atoms with Crippen molar-refractivity contribution >= 4 is 11.6 Å². The maximum absolute atomic E-state index is 12.8. The minimum atomic E-state index is -0.244. The number of nitriles is 1. The van der Waals surface area contributed by atoms with E-state index in [4.69, 9.17) is 0 Å². The van der Waals surface area contributed by atoms with Crippen LogP contribution in [0, 0.1) is 18.3 Å². The highest BCUT2D eigenvalue weighted by atomic mass is 16.2. The molecule has 1 amide bonds. The summed E-state index contributed by atoms with van der Waals surface area (Å²) in [6, 6.07) is 18.1. The van der Waals surface area contributed by atoms with Gasteiger partial charge in [-0.2, -0.15) is 5.26 Å². The number of para-hydroxylation sites is 1. The van der Waals surface area contributed by atoms with Crippen molar-refractivity contribution in [1.82, 2.24) is 5.32 Å². The van der Waals surface area contributed by atoms with Crippen LogP contribution >= 0.6 is 0 Å². The molecule has 1 aliphatic heterocycles. The van der Waals surface area contributed by atoms with Gasteiger partial charge in [0.15, 0.2) is 0 Å². The largest absolute Gasteiger partial charge is 0.386 e. The van der Waals surface area contributed by atoms with Crippen molar-refractivity contribution in [3.8, 4) is 6.07 Å². The maximum atomic E-state index is 12.8. The third-order valence-corrected chi connectivity index (χ3v) is 4.38. The van der Waals surface area contributed by atoms with Crippen molar-refractivity contribution in [3.63, 3.8) is 0 Å². The molecule has 0 saturated heterocycles. The highest BCUT2D eigenvalue weighted by Gasteiger charge is 2.24. The molecular formula is C21H21N3O. The maximum Gasteiger partial charge on any atom is 0.270 e. The number of nitrogens with zero attached hydrogens (tertiary/aromatic N) is 2. The molecule has 0 unspecified atom stereocenters. The fourth-order valence-electron chi connectivity index (χ4n) is 3.01. The van der Waals surface area contributed by atoms with Gasteiger partial charge < -0.3 is 10.2 Å². The topological polar surface area (TPSA) is 56.1 Å². The highest BCUT2D eigenvalue weighted by Crippen LogP contribution is 2.27. The Labute approximate surface area is 148 Å². The Bertz CT molecular complexity index is 831. The molecule has 0 radical (unpaired) electrons. The number of hydrogen-bond donors (Lipinski definition) is 1. The third kappa shape index (κ3) is 3.89. The average Bonchev–Trinajstić information content (AvgIpc) is 2.66. The fraction of sp³-hybridized carbons (Fsp3) is 0.238. The van der Waals surface area contributed by atoms with Crippen molar-refractivity contribution in [2.24, 2.45) is 0 Å². The SMILES string of the molecule is Cc1ccc(CN/C=C(/C#N)C(=O)N2CCCc3ccccc32)cc1. The predicted octanol–water partition coefficient (Wildman–Crippen LogP) is 3.47. The molecule has 1 aliphatic rings. The second kappa shape index (κ2) is 7.67. The second-order valence-electron chi connectivity index (χ2n) is 6.23. The minimum Gasteiger partial charge on any atom is -0.386 e. The van der Waals surface area contributed by atoms with Crippen LogP contribution in [0.15, 0.2) is 60.3 Å². The molecule has 1 heterocycles. The van der Waals surface area contributed by atoms with E-state index in [0.717, 1.165) is 29.7 Å². The zero-order valence-electron chi connectivity index (χ0n) is 14.3. The molecule has 126 valence electrons. The van der Waals surface area contributed by atoms with Gasteiger partial charge in [0.2, 0.25) is 0 Å². The summed E-state index contributed by atoms with van der Waals surface area (Å²) < 4.78 is 0. The van der Waals surface area contributed by atoms with Crippen LogP contribution in [0.5, 0.6) is 0 Å². The van der Waals surface area contributed by atoms with Crippen molar-refractivity contribution in [2.75, 3.05) is 11.4 Å². The lowest BCUT2D eigenvalue weighted by Crippen LogP contribution is -2.36. The number of anilines is 1. The van der Waals surface area contributed by atoms with E-state index in [-0.39, 0.29) is 11.5 Å². The number of fused-ring (bicyclic) bond motifs is 1. The van der Waals surface area contributed by atoms with Gasteiger partial charge in [0.25, 0.3) is 5.91 Å². The number of aryl methyl sites for hydroxylation is 2. The van der Waals surface area contributed by atoms with Gasteiger partial charge in [-0.05, 0) is 37.0 Å². The van der Waals surface area contributed by atoms with Gasteiger partial charge in [0.05, 0.1) is 0 Å². The van der Waals surface area contributed by atoms with E-state index in [2.05, 4.69) is 5.32 Å². The second-order valence-corrected chi connectivity index (χ2v) is 6.23. The molecule has 2 aromatic rings. The molecule has 0 aromatic heterocycles. The lowest BCUT2D eigenvalue weighted by Gasteiger charge is -2.29. The first-order valence-electron chi connectivity index (χ1n) is 8.48. The number of hydrogen-bond acceptors (Lipinski definition) is 3. The van der Waals surface area contributed by atoms with Gasteiger partial charge in [0.1, 0.15) is 11.6 Å². The van der Waals surface area contributed by atoms with Crippen LogP contribution in [-0.4, -0.2) is 12.5 Å². The molecule has 0 aliphatic carbocycles. The molecule has 4 nitrogen and oxygen atoms in total. The number of carbonyl (C=O) groups is 1. The smallest absolute Gasteiger partial charge is 0.270 e. The lowest BCUT2D eigenvalue weighted by molar-refractivity contribution is -0.114. The Balaban J connectivity index is 1.71. The summed E-state index contributed by atoms with van der Waals surface area (Å²) in [6.45, 7) is 3.27. The Kier molecular flexibility index (Phi) is 5.15. The molecule has 0 fully saturated rings. The van der Waals surface area contributed by atoms with Gasteiger partial charge in [-0.3, -0.25) is 4.79 Å². The first-order chi connectivity index (χ1) is 12.2. The third-order valence-electron chi connectivity index (χ3n) is 4.38. The van der Waals surface area contributed by atoms with E-state index < -0.39 is 0 Å². The Morgan fingerprint density at radius 1 is 1.24 bits per heavy atom. The van der Waals surface area contributed by atoms with Gasteiger partial charge in [-0.25, -0.2) is 0 Å². The number of amides is 1. The molecule has 4 heteroatoms. The molecular weight excluding hydrogens is 310 g/mol. The fourth-order valence-corrected chi connectivity index (χ4v) is 3.01. The molecule has 2 aromatic carbocycles. The Hall–Kier alpha value is -3.06. The standard InChI is InChI=1S/C21H21N3O/c1-16-8-10-17(11-9-16)14-23-15-19(13-22)21(25)24-12-4-6-18-5-2-3-7-20(18)24/h2-3,5,7-11,15,23H,4,6,12,14H2,1H3/b19-15-. The first kappa shape index (κ1) is 16.8. The van der Waals surface area contributed by atoms with Gasteiger partial charge in [0, 0.05) is 25.0 Å². The summed E-state index contributed by atoms with van der Waals surface area (Å²) in [6.07, 6.45) is 3.41. The van der Waals surface area contributed by atoms with Crippen molar-refractivity contribution < 1.29 is 4.79 Å². The zero-order chi connectivity index (χ0) is 17.6. The average molecular weight is 331 g/mol. The van der Waals surface area contributed by atoms with Crippen LogP contribution in [-0.2, 0) is 17.8 Å². The molecule has 0 saturated carbocycles. The highest BCUT2D eigenvalue weighted by molar-refractivity contribution is 6.08. The number of benzene rings is 2. The first-order valence-corrected chi connectivity index (χ1v) is 8.48. The Morgan fingerprint density at radius 3 is 2.76 bits per heavy atom. The van der Waals surface area contributed by atoms with Crippen LogP contribution in [0.25, 0.3) is 0 Å². The van der Waals surface area contributed by atoms with Gasteiger partial charge >= 0.3 is 0 Å². The van der Waals surface area contributed by atoms with Crippen molar-refractivity contribution in [1.29, 1.82) is 5.26 Å². The number of rotatable bonds is 4. The zero-order valence-corrected chi connectivity index (χ0v) is 14.3. The minimum absolute atomic E-state index is 0.129. The summed E-state index contributed by atoms with van der Waals surface area (Å²) in [7, 11) is 0. The summed E-state index contributed by atoms with van der Waals surface area (Å²) in [5, 5.41) is 12.5. The van der Waals surface area contributed by atoms with Crippen molar-refractivity contribution in [3.05, 3.63) is 77.0 Å². The quantitative estimate of drug-likeness (QED) is 0.689. The van der Waals surface area contributed by atoms with E-state index in [1.165, 1.54) is 11.8 Å². The summed E-state index contributed by atoms with van der Waals surface area (Å²) in [5.74, 6) is -0.244. The molecule has 0 bridgehead atoms. The normalized spacial score (nSPS) is 13.8. The lowest BCUT2D eigenvalue weighted by atomic mass is 10.0. The molecule has 0 spiro atoms. The number of carbonyl (C=O) groups excluding carboxylic acids is 1. The van der Waals surface area contributed by atoms with E-state index in [0.29, 0.717) is 13.1 Å². The molecule has 0 atom stereocenters. The summed E-state index contributed by atoms with van der Waals surface area (Å²) >= 11 is 0. The summed E-state index contributed by atoms with van der Waals surface area (Å²) in [4.78, 5) is 14.5. The Morgan fingerprint density at radius 2 is 2.00 bits per heavy atom. The predicted molar refractivity (Wildman–Crippen MR) is 98.8 cm³/mol. The molecule has 3 rings (SSSR count). The van der Waals surface area contributed by atoms with Crippen LogP contribution in [0.2, 0.25) is 0 Å². The van der Waals surface area contributed by atoms with E-state index >= 15 is 0 Å². The summed E-state index contributed by atoms with van der Waals surface area (Å²) in [5.41, 5.74) is 4.51.